The van der Waals surface area contributed by atoms with Gasteiger partial charge in [-0.05, 0) is 36.5 Å². The fourth-order valence-electron chi connectivity index (χ4n) is 2.43. The Morgan fingerprint density at radius 1 is 1.12 bits per heavy atom. The van der Waals surface area contributed by atoms with Gasteiger partial charge in [-0.1, -0.05) is 0 Å². The predicted octanol–water partition coefficient (Wildman–Crippen LogP) is 2.91. The number of H-pyrrole nitrogens is 1. The molecule has 1 N–H and O–H groups in total. The van der Waals surface area contributed by atoms with Gasteiger partial charge in [0.05, 0.1) is 27.5 Å². The highest BCUT2D eigenvalue weighted by Gasteiger charge is 2.15. The van der Waals surface area contributed by atoms with Crippen molar-refractivity contribution < 1.29 is 14.2 Å². The van der Waals surface area contributed by atoms with Crippen molar-refractivity contribution in [3.63, 3.8) is 0 Å². The average Bonchev–Trinajstić information content (AvgIpc) is 3.06. The highest BCUT2D eigenvalue weighted by atomic mass is 32.1. The SMILES string of the molecule is COc1ccc(C=Nn2c(-c3cccnc3)n[nH]c2=S)c(OC)c1OC. The van der Waals surface area contributed by atoms with Crippen LogP contribution in [-0.4, -0.2) is 47.4 Å². The fourth-order valence-corrected chi connectivity index (χ4v) is 2.61. The smallest absolute Gasteiger partial charge is 0.216 e. The Morgan fingerprint density at radius 3 is 2.58 bits per heavy atom. The lowest BCUT2D eigenvalue weighted by Gasteiger charge is -2.13. The van der Waals surface area contributed by atoms with E-state index in [0.29, 0.717) is 33.4 Å². The van der Waals surface area contributed by atoms with Crippen LogP contribution in [0.3, 0.4) is 0 Å². The fraction of sp³-hybridized carbons (Fsp3) is 0.176. The van der Waals surface area contributed by atoms with E-state index in [2.05, 4.69) is 20.3 Å². The molecule has 0 bridgehead atoms. The van der Waals surface area contributed by atoms with Gasteiger partial charge in [-0.2, -0.15) is 14.9 Å². The monoisotopic (exact) mass is 371 g/mol. The van der Waals surface area contributed by atoms with Crippen molar-refractivity contribution in [2.24, 2.45) is 5.10 Å². The maximum Gasteiger partial charge on any atom is 0.216 e. The van der Waals surface area contributed by atoms with Crippen LogP contribution in [0.5, 0.6) is 17.2 Å². The van der Waals surface area contributed by atoms with E-state index in [1.54, 1.807) is 46.0 Å². The lowest BCUT2D eigenvalue weighted by atomic mass is 10.2. The number of aromatic nitrogens is 4. The highest BCUT2D eigenvalue weighted by molar-refractivity contribution is 7.71. The first kappa shape index (κ1) is 17.6. The second-order valence-electron chi connectivity index (χ2n) is 5.07. The largest absolute Gasteiger partial charge is 0.493 e. The summed E-state index contributed by atoms with van der Waals surface area (Å²) in [6.07, 6.45) is 4.99. The van der Waals surface area contributed by atoms with Gasteiger partial charge in [0.15, 0.2) is 17.3 Å². The number of nitrogens with zero attached hydrogens (tertiary/aromatic N) is 4. The molecule has 3 aromatic rings. The van der Waals surface area contributed by atoms with E-state index < -0.39 is 0 Å². The Labute approximate surface area is 155 Å². The van der Waals surface area contributed by atoms with E-state index in [1.165, 1.54) is 4.68 Å². The number of benzene rings is 1. The molecule has 0 aliphatic heterocycles. The average molecular weight is 371 g/mol. The van der Waals surface area contributed by atoms with E-state index in [0.717, 1.165) is 5.56 Å². The lowest BCUT2D eigenvalue weighted by Crippen LogP contribution is -2.00. The minimum Gasteiger partial charge on any atom is -0.493 e. The van der Waals surface area contributed by atoms with Crippen molar-refractivity contribution in [3.05, 3.63) is 47.0 Å². The predicted molar refractivity (Wildman–Crippen MR) is 99.7 cm³/mol. The van der Waals surface area contributed by atoms with E-state index in [9.17, 15) is 0 Å². The Morgan fingerprint density at radius 2 is 1.92 bits per heavy atom. The summed E-state index contributed by atoms with van der Waals surface area (Å²) < 4.78 is 18.0. The number of aromatic amines is 1. The molecule has 0 saturated carbocycles. The second-order valence-corrected chi connectivity index (χ2v) is 5.46. The minimum atomic E-state index is 0.361. The first-order chi connectivity index (χ1) is 12.7. The summed E-state index contributed by atoms with van der Waals surface area (Å²) in [5, 5.41) is 11.4. The van der Waals surface area contributed by atoms with Gasteiger partial charge in [0.1, 0.15) is 0 Å². The number of nitrogens with one attached hydrogen (secondary N) is 1. The van der Waals surface area contributed by atoms with Gasteiger partial charge in [-0.25, -0.2) is 5.10 Å². The van der Waals surface area contributed by atoms with E-state index in [1.807, 2.05) is 18.2 Å². The van der Waals surface area contributed by atoms with Crippen LogP contribution < -0.4 is 14.2 Å². The standard InChI is InChI=1S/C17H17N5O3S/c1-23-13-7-6-11(14(24-2)15(13)25-3)10-19-22-16(20-21-17(22)26)12-5-4-8-18-9-12/h4-10H,1-3H3,(H,21,26). The first-order valence-electron chi connectivity index (χ1n) is 7.60. The Bertz CT molecular complexity index is 982. The molecule has 134 valence electrons. The molecule has 2 heterocycles. The molecule has 3 rings (SSSR count). The van der Waals surface area contributed by atoms with Gasteiger partial charge in [0.2, 0.25) is 10.5 Å². The summed E-state index contributed by atoms with van der Waals surface area (Å²) >= 11 is 5.27. The molecular formula is C17H17N5O3S. The quantitative estimate of drug-likeness (QED) is 0.530. The van der Waals surface area contributed by atoms with Crippen LogP contribution in [-0.2, 0) is 0 Å². The molecule has 0 saturated heterocycles. The number of hydrogen-bond donors (Lipinski definition) is 1. The third kappa shape index (κ3) is 3.29. The van der Waals surface area contributed by atoms with Crippen LogP contribution in [0.25, 0.3) is 11.4 Å². The molecule has 0 radical (unpaired) electrons. The Kier molecular flexibility index (Phi) is 5.28. The molecule has 8 nitrogen and oxygen atoms in total. The molecule has 0 spiro atoms. The first-order valence-corrected chi connectivity index (χ1v) is 8.01. The van der Waals surface area contributed by atoms with Crippen molar-refractivity contribution in [2.75, 3.05) is 21.3 Å². The molecule has 0 aliphatic rings. The van der Waals surface area contributed by atoms with Crippen LogP contribution >= 0.6 is 12.2 Å². The second kappa shape index (κ2) is 7.79. The number of hydrogen-bond acceptors (Lipinski definition) is 7. The molecular weight excluding hydrogens is 354 g/mol. The molecule has 0 amide bonds. The molecule has 9 heteroatoms. The zero-order valence-corrected chi connectivity index (χ0v) is 15.3. The van der Waals surface area contributed by atoms with Crippen molar-refractivity contribution in [1.29, 1.82) is 0 Å². The van der Waals surface area contributed by atoms with Gasteiger partial charge in [-0.3, -0.25) is 4.98 Å². The van der Waals surface area contributed by atoms with Gasteiger partial charge in [0, 0.05) is 23.5 Å². The normalized spacial score (nSPS) is 10.9. The Hall–Kier alpha value is -3.20. The summed E-state index contributed by atoms with van der Waals surface area (Å²) in [6, 6.07) is 7.29. The van der Waals surface area contributed by atoms with Gasteiger partial charge in [0.25, 0.3) is 0 Å². The number of pyridine rings is 1. The zero-order chi connectivity index (χ0) is 18.5. The van der Waals surface area contributed by atoms with Gasteiger partial charge < -0.3 is 14.2 Å². The lowest BCUT2D eigenvalue weighted by molar-refractivity contribution is 0.324. The van der Waals surface area contributed by atoms with Crippen LogP contribution in [0.4, 0.5) is 0 Å². The van der Waals surface area contributed by atoms with Crippen molar-refractivity contribution in [1.82, 2.24) is 19.9 Å². The molecule has 2 aromatic heterocycles. The van der Waals surface area contributed by atoms with Crippen molar-refractivity contribution >= 4 is 18.4 Å². The number of rotatable bonds is 6. The molecule has 0 unspecified atom stereocenters. The summed E-state index contributed by atoms with van der Waals surface area (Å²) in [5.41, 5.74) is 1.49. The summed E-state index contributed by atoms with van der Waals surface area (Å²) in [7, 11) is 4.67. The topological polar surface area (TPSA) is 86.6 Å². The molecule has 26 heavy (non-hydrogen) atoms. The highest BCUT2D eigenvalue weighted by Crippen LogP contribution is 2.39. The van der Waals surface area contributed by atoms with Gasteiger partial charge in [-0.15, -0.1) is 0 Å². The number of methoxy groups -OCH3 is 3. The third-order valence-electron chi connectivity index (χ3n) is 3.62. The summed E-state index contributed by atoms with van der Waals surface area (Å²) in [5.74, 6) is 2.12. The summed E-state index contributed by atoms with van der Waals surface area (Å²) in [6.45, 7) is 0. The van der Waals surface area contributed by atoms with Crippen LogP contribution in [0.1, 0.15) is 5.56 Å². The number of ether oxygens (including phenoxy) is 3. The maximum absolute atomic E-state index is 5.46. The zero-order valence-electron chi connectivity index (χ0n) is 14.5. The van der Waals surface area contributed by atoms with Crippen LogP contribution in [0.15, 0.2) is 41.8 Å². The van der Waals surface area contributed by atoms with E-state index in [-0.39, 0.29) is 0 Å². The molecule has 0 aliphatic carbocycles. The van der Waals surface area contributed by atoms with Gasteiger partial charge >= 0.3 is 0 Å². The van der Waals surface area contributed by atoms with Crippen molar-refractivity contribution in [2.45, 2.75) is 0 Å². The van der Waals surface area contributed by atoms with Crippen molar-refractivity contribution in [3.8, 4) is 28.6 Å². The van der Waals surface area contributed by atoms with E-state index in [4.69, 9.17) is 26.4 Å². The Balaban J connectivity index is 2.05. The maximum atomic E-state index is 5.46. The molecule has 0 atom stereocenters. The summed E-state index contributed by atoms with van der Waals surface area (Å²) in [4.78, 5) is 4.10. The minimum absolute atomic E-state index is 0.361. The van der Waals surface area contributed by atoms with E-state index >= 15 is 0 Å². The third-order valence-corrected chi connectivity index (χ3v) is 3.88. The van der Waals surface area contributed by atoms with Crippen LogP contribution in [0.2, 0.25) is 0 Å². The molecule has 1 aromatic carbocycles. The van der Waals surface area contributed by atoms with Crippen LogP contribution in [0, 0.1) is 4.77 Å². The molecule has 0 fully saturated rings.